The van der Waals surface area contributed by atoms with Crippen LogP contribution in [0.3, 0.4) is 0 Å². The number of methoxy groups -OCH3 is 1. The molecule has 0 aromatic rings. The van der Waals surface area contributed by atoms with Crippen LogP contribution >= 0.6 is 11.6 Å². The second kappa shape index (κ2) is 8.98. The number of carbonyl (C=O) groups is 3. The third-order valence-corrected chi connectivity index (χ3v) is 2.71. The Kier molecular flexibility index (Phi) is 8.40. The Morgan fingerprint density at radius 1 is 1.12 bits per heavy atom. The predicted octanol–water partition coefficient (Wildman–Crippen LogP) is 1.76. The molecule has 0 spiro atoms. The van der Waals surface area contributed by atoms with Crippen molar-refractivity contribution in [2.75, 3.05) is 7.11 Å². The number of rotatable bonds is 9. The molecule has 0 fully saturated rings. The van der Waals surface area contributed by atoms with E-state index in [1.807, 2.05) is 0 Å². The van der Waals surface area contributed by atoms with E-state index in [0.29, 0.717) is 19.3 Å². The molecule has 1 N–H and O–H groups in total. The van der Waals surface area contributed by atoms with Gasteiger partial charge in [-0.25, -0.2) is 0 Å². The predicted molar refractivity (Wildman–Crippen MR) is 62.0 cm³/mol. The summed E-state index contributed by atoms with van der Waals surface area (Å²) in [5.41, 5.74) is 0. The van der Waals surface area contributed by atoms with Crippen molar-refractivity contribution in [2.45, 2.75) is 43.9 Å². The van der Waals surface area contributed by atoms with Gasteiger partial charge in [-0.2, -0.15) is 0 Å². The number of esters is 1. The Labute approximate surface area is 105 Å². The Morgan fingerprint density at radius 3 is 2.12 bits per heavy atom. The van der Waals surface area contributed by atoms with Gasteiger partial charge in [-0.3, -0.25) is 14.4 Å². The molecule has 0 bridgehead atoms. The third kappa shape index (κ3) is 7.74. The molecule has 1 unspecified atom stereocenters. The zero-order valence-corrected chi connectivity index (χ0v) is 10.5. The standard InChI is InChI=1S/C11H17ClO5/c1-17-9(14)7-5-3-2-4-6-8(13)10(12)11(15)16/h10H,2-7H2,1H3,(H,15,16). The first-order valence-corrected chi connectivity index (χ1v) is 5.89. The lowest BCUT2D eigenvalue weighted by Gasteiger charge is -2.03. The molecule has 0 heterocycles. The zero-order valence-electron chi connectivity index (χ0n) is 9.78. The lowest BCUT2D eigenvalue weighted by molar-refractivity contribution is -0.141. The molecule has 0 saturated carbocycles. The highest BCUT2D eigenvalue weighted by Crippen LogP contribution is 2.09. The van der Waals surface area contributed by atoms with E-state index in [0.717, 1.165) is 12.8 Å². The maximum atomic E-state index is 11.2. The second-order valence-electron chi connectivity index (χ2n) is 3.66. The first-order valence-electron chi connectivity index (χ1n) is 5.45. The minimum Gasteiger partial charge on any atom is -0.480 e. The number of carboxylic acids is 1. The monoisotopic (exact) mass is 264 g/mol. The van der Waals surface area contributed by atoms with Crippen molar-refractivity contribution in [1.82, 2.24) is 0 Å². The molecule has 0 aliphatic rings. The fourth-order valence-corrected chi connectivity index (χ4v) is 1.40. The molecule has 0 rings (SSSR count). The SMILES string of the molecule is COC(=O)CCCCCCC(=O)C(Cl)C(=O)O. The maximum Gasteiger partial charge on any atom is 0.329 e. The number of carboxylic acid groups (broad SMARTS) is 1. The van der Waals surface area contributed by atoms with Gasteiger partial charge in [0.1, 0.15) is 0 Å². The van der Waals surface area contributed by atoms with Crippen molar-refractivity contribution in [3.8, 4) is 0 Å². The first kappa shape index (κ1) is 15.9. The van der Waals surface area contributed by atoms with Crippen LogP contribution in [0.1, 0.15) is 38.5 Å². The highest BCUT2D eigenvalue weighted by atomic mass is 35.5. The van der Waals surface area contributed by atoms with E-state index in [4.69, 9.17) is 16.7 Å². The van der Waals surface area contributed by atoms with E-state index in [-0.39, 0.29) is 12.4 Å². The second-order valence-corrected chi connectivity index (χ2v) is 4.09. The fraction of sp³-hybridized carbons (Fsp3) is 0.727. The molecule has 1 atom stereocenters. The summed E-state index contributed by atoms with van der Waals surface area (Å²) in [4.78, 5) is 32.3. The largest absolute Gasteiger partial charge is 0.480 e. The van der Waals surface area contributed by atoms with Gasteiger partial charge in [-0.05, 0) is 12.8 Å². The van der Waals surface area contributed by atoms with Crippen LogP contribution in [-0.2, 0) is 19.1 Å². The number of hydrogen-bond donors (Lipinski definition) is 1. The van der Waals surface area contributed by atoms with Crippen LogP contribution in [0.4, 0.5) is 0 Å². The number of halogens is 1. The Morgan fingerprint density at radius 2 is 1.65 bits per heavy atom. The summed E-state index contributed by atoms with van der Waals surface area (Å²) in [7, 11) is 1.34. The lowest BCUT2D eigenvalue weighted by Crippen LogP contribution is -2.23. The number of carbonyl (C=O) groups excluding carboxylic acids is 2. The lowest BCUT2D eigenvalue weighted by atomic mass is 10.1. The van der Waals surface area contributed by atoms with Gasteiger partial charge in [-0.15, -0.1) is 11.6 Å². The van der Waals surface area contributed by atoms with Crippen molar-refractivity contribution < 1.29 is 24.2 Å². The summed E-state index contributed by atoms with van der Waals surface area (Å²) < 4.78 is 4.48. The quantitative estimate of drug-likeness (QED) is 0.297. The van der Waals surface area contributed by atoms with Crippen LogP contribution in [0.2, 0.25) is 0 Å². The van der Waals surface area contributed by atoms with Crippen LogP contribution in [0.15, 0.2) is 0 Å². The van der Waals surface area contributed by atoms with Crippen molar-refractivity contribution in [1.29, 1.82) is 0 Å². The summed E-state index contributed by atoms with van der Waals surface area (Å²) in [6, 6.07) is 0. The number of unbranched alkanes of at least 4 members (excludes halogenated alkanes) is 3. The summed E-state index contributed by atoms with van der Waals surface area (Å²) in [6.07, 6.45) is 3.42. The van der Waals surface area contributed by atoms with Crippen LogP contribution < -0.4 is 0 Å². The molecule has 0 aliphatic heterocycles. The molecule has 0 amide bonds. The molecule has 0 aromatic carbocycles. The molecule has 0 aromatic heterocycles. The summed E-state index contributed by atoms with van der Waals surface area (Å²) in [5, 5.41) is 7.04. The van der Waals surface area contributed by atoms with Gasteiger partial charge in [0.05, 0.1) is 7.11 Å². The van der Waals surface area contributed by atoms with E-state index in [1.165, 1.54) is 7.11 Å². The van der Waals surface area contributed by atoms with E-state index in [2.05, 4.69) is 4.74 Å². The number of alkyl halides is 1. The average Bonchev–Trinajstić information content (AvgIpc) is 2.31. The molecular formula is C11H17ClO5. The molecular weight excluding hydrogens is 248 g/mol. The Balaban J connectivity index is 3.49. The fourth-order valence-electron chi connectivity index (χ4n) is 1.29. The number of aliphatic carboxylic acids is 1. The first-order chi connectivity index (χ1) is 7.99. The number of hydrogen-bond acceptors (Lipinski definition) is 4. The topological polar surface area (TPSA) is 80.7 Å². The molecule has 5 nitrogen and oxygen atoms in total. The Hall–Kier alpha value is -1.10. The van der Waals surface area contributed by atoms with E-state index >= 15 is 0 Å². The number of ketones is 1. The molecule has 0 aliphatic carbocycles. The van der Waals surface area contributed by atoms with Gasteiger partial charge < -0.3 is 9.84 Å². The molecule has 6 heteroatoms. The molecule has 0 saturated heterocycles. The van der Waals surface area contributed by atoms with Crippen LogP contribution in [0, 0.1) is 0 Å². The third-order valence-electron chi connectivity index (χ3n) is 2.28. The van der Waals surface area contributed by atoms with Crippen LogP contribution in [-0.4, -0.2) is 35.3 Å². The number of Topliss-reactive ketones (excluding diaryl/α,β-unsaturated/α-hetero) is 1. The van der Waals surface area contributed by atoms with Gasteiger partial charge in [0.2, 0.25) is 0 Å². The minimum atomic E-state index is -1.44. The van der Waals surface area contributed by atoms with Crippen LogP contribution in [0.25, 0.3) is 0 Å². The van der Waals surface area contributed by atoms with Crippen molar-refractivity contribution in [3.63, 3.8) is 0 Å². The molecule has 17 heavy (non-hydrogen) atoms. The smallest absolute Gasteiger partial charge is 0.329 e. The van der Waals surface area contributed by atoms with E-state index in [1.54, 1.807) is 0 Å². The van der Waals surface area contributed by atoms with Gasteiger partial charge in [0.15, 0.2) is 11.2 Å². The maximum absolute atomic E-state index is 11.2. The van der Waals surface area contributed by atoms with E-state index in [9.17, 15) is 14.4 Å². The van der Waals surface area contributed by atoms with Gasteiger partial charge in [0.25, 0.3) is 0 Å². The minimum absolute atomic E-state index is 0.165. The highest BCUT2D eigenvalue weighted by Gasteiger charge is 2.21. The highest BCUT2D eigenvalue weighted by molar-refractivity contribution is 6.40. The average molecular weight is 265 g/mol. The zero-order chi connectivity index (χ0) is 13.3. The Bertz CT molecular complexity index is 277. The summed E-state index contributed by atoms with van der Waals surface area (Å²) >= 11 is 5.36. The number of ether oxygens (including phenoxy) is 1. The van der Waals surface area contributed by atoms with E-state index < -0.39 is 17.1 Å². The van der Waals surface area contributed by atoms with Crippen molar-refractivity contribution in [3.05, 3.63) is 0 Å². The molecule has 98 valence electrons. The van der Waals surface area contributed by atoms with Gasteiger partial charge in [-0.1, -0.05) is 12.8 Å². The van der Waals surface area contributed by atoms with Crippen molar-refractivity contribution >= 4 is 29.3 Å². The molecule has 0 radical (unpaired) electrons. The normalized spacial score (nSPS) is 11.9. The summed E-state index contributed by atoms with van der Waals surface area (Å²) in [5.74, 6) is -2.01. The summed E-state index contributed by atoms with van der Waals surface area (Å²) in [6.45, 7) is 0. The van der Waals surface area contributed by atoms with Crippen LogP contribution in [0.5, 0.6) is 0 Å². The van der Waals surface area contributed by atoms with Crippen molar-refractivity contribution in [2.24, 2.45) is 0 Å². The van der Waals surface area contributed by atoms with Gasteiger partial charge >= 0.3 is 11.9 Å². The van der Waals surface area contributed by atoms with Gasteiger partial charge in [0, 0.05) is 12.8 Å².